The number of hydrogen-bond donors (Lipinski definition) is 1. The molecule has 0 saturated carbocycles. The van der Waals surface area contributed by atoms with Crippen molar-refractivity contribution in [2.75, 3.05) is 20.8 Å². The summed E-state index contributed by atoms with van der Waals surface area (Å²) in [6.45, 7) is 5.75. The van der Waals surface area contributed by atoms with Crippen molar-refractivity contribution in [1.29, 1.82) is 0 Å². The number of fused-ring (bicyclic) bond motifs is 1. The van der Waals surface area contributed by atoms with Gasteiger partial charge in [0.15, 0.2) is 11.5 Å². The molecular weight excluding hydrogens is 230 g/mol. The second kappa shape index (κ2) is 5.16. The van der Waals surface area contributed by atoms with Crippen LogP contribution in [0.3, 0.4) is 0 Å². The molecule has 1 aromatic rings. The Balaban J connectivity index is 2.45. The fourth-order valence-corrected chi connectivity index (χ4v) is 2.48. The van der Waals surface area contributed by atoms with Crippen LogP contribution < -0.4 is 9.47 Å². The van der Waals surface area contributed by atoms with Gasteiger partial charge in [0.2, 0.25) is 0 Å². The van der Waals surface area contributed by atoms with Gasteiger partial charge in [0, 0.05) is 24.7 Å². The van der Waals surface area contributed by atoms with E-state index in [1.54, 1.807) is 14.2 Å². The summed E-state index contributed by atoms with van der Waals surface area (Å²) in [5.74, 6) is 1.33. The lowest BCUT2D eigenvalue weighted by Gasteiger charge is -2.35. The van der Waals surface area contributed by atoms with Gasteiger partial charge in [-0.05, 0) is 25.5 Å². The van der Waals surface area contributed by atoms with E-state index >= 15 is 0 Å². The Morgan fingerprint density at radius 3 is 2.56 bits per heavy atom. The molecule has 0 aromatic heterocycles. The van der Waals surface area contributed by atoms with E-state index in [2.05, 4.69) is 18.7 Å². The zero-order valence-electron chi connectivity index (χ0n) is 11.4. The molecule has 100 valence electrons. The number of benzene rings is 1. The maximum Gasteiger partial charge on any atom is 0.166 e. The molecule has 4 nitrogen and oxygen atoms in total. The first-order valence-corrected chi connectivity index (χ1v) is 6.24. The number of aliphatic hydroxyl groups excluding tert-OH is 1. The maximum atomic E-state index is 10.3. The first-order valence-electron chi connectivity index (χ1n) is 6.24. The predicted molar refractivity (Wildman–Crippen MR) is 70.1 cm³/mol. The first-order chi connectivity index (χ1) is 8.58. The minimum absolute atomic E-state index is 0.417. The molecule has 0 saturated heterocycles. The Morgan fingerprint density at radius 2 is 2.00 bits per heavy atom. The number of methoxy groups -OCH3 is 2. The van der Waals surface area contributed by atoms with E-state index in [-0.39, 0.29) is 0 Å². The summed E-state index contributed by atoms with van der Waals surface area (Å²) in [4.78, 5) is 2.25. The Hall–Kier alpha value is -1.26. The van der Waals surface area contributed by atoms with Crippen molar-refractivity contribution in [2.24, 2.45) is 0 Å². The second-order valence-electron chi connectivity index (χ2n) is 4.91. The zero-order chi connectivity index (χ0) is 13.3. The fraction of sp³-hybridized carbons (Fsp3) is 0.571. The van der Waals surface area contributed by atoms with Gasteiger partial charge >= 0.3 is 0 Å². The fourth-order valence-electron chi connectivity index (χ4n) is 2.48. The standard InChI is InChI=1S/C14H21NO3/c1-9(2)15-7-10-5-6-12(17-3)14(18-4)13(10)11(16)8-15/h5-6,9,11,16H,7-8H2,1-4H3. The highest BCUT2D eigenvalue weighted by Crippen LogP contribution is 2.40. The summed E-state index contributed by atoms with van der Waals surface area (Å²) in [6.07, 6.45) is -0.527. The summed E-state index contributed by atoms with van der Waals surface area (Å²) in [6, 6.07) is 4.32. The zero-order valence-corrected chi connectivity index (χ0v) is 11.4. The summed E-state index contributed by atoms with van der Waals surface area (Å²) < 4.78 is 10.7. The van der Waals surface area contributed by atoms with Crippen LogP contribution in [0, 0.1) is 0 Å². The molecule has 0 radical (unpaired) electrons. The van der Waals surface area contributed by atoms with Crippen molar-refractivity contribution in [1.82, 2.24) is 4.90 Å². The third-order valence-corrected chi connectivity index (χ3v) is 3.52. The molecule has 1 aliphatic rings. The molecule has 18 heavy (non-hydrogen) atoms. The number of nitrogens with zero attached hydrogens (tertiary/aromatic N) is 1. The number of hydrogen-bond acceptors (Lipinski definition) is 4. The van der Waals surface area contributed by atoms with Crippen LogP contribution in [0.15, 0.2) is 12.1 Å². The Labute approximate surface area is 108 Å². The van der Waals surface area contributed by atoms with Gasteiger partial charge in [-0.2, -0.15) is 0 Å². The van der Waals surface area contributed by atoms with Gasteiger partial charge in [-0.3, -0.25) is 4.90 Å². The Bertz CT molecular complexity index is 431. The molecule has 0 fully saturated rings. The molecule has 1 atom stereocenters. The van der Waals surface area contributed by atoms with E-state index in [0.717, 1.165) is 17.7 Å². The molecule has 0 spiro atoms. The molecule has 1 N–H and O–H groups in total. The molecule has 1 unspecified atom stereocenters. The maximum absolute atomic E-state index is 10.3. The molecule has 0 amide bonds. The summed E-state index contributed by atoms with van der Waals surface area (Å²) in [5.41, 5.74) is 1.98. The van der Waals surface area contributed by atoms with Crippen LogP contribution in [-0.2, 0) is 6.54 Å². The average Bonchev–Trinajstić information content (AvgIpc) is 2.36. The quantitative estimate of drug-likeness (QED) is 0.891. The van der Waals surface area contributed by atoms with E-state index in [1.165, 1.54) is 0 Å². The van der Waals surface area contributed by atoms with E-state index in [0.29, 0.717) is 24.1 Å². The van der Waals surface area contributed by atoms with E-state index < -0.39 is 6.10 Å². The monoisotopic (exact) mass is 251 g/mol. The largest absolute Gasteiger partial charge is 0.493 e. The summed E-state index contributed by atoms with van der Waals surface area (Å²) in [7, 11) is 3.22. The lowest BCUT2D eigenvalue weighted by molar-refractivity contribution is 0.0718. The highest BCUT2D eigenvalue weighted by Gasteiger charge is 2.29. The molecular formula is C14H21NO3. The Morgan fingerprint density at radius 1 is 1.28 bits per heavy atom. The van der Waals surface area contributed by atoms with E-state index in [4.69, 9.17) is 9.47 Å². The lowest BCUT2D eigenvalue weighted by Crippen LogP contribution is -2.38. The molecule has 1 aromatic carbocycles. The van der Waals surface area contributed by atoms with E-state index in [1.807, 2.05) is 12.1 Å². The predicted octanol–water partition coefficient (Wildman–Crippen LogP) is 1.96. The minimum Gasteiger partial charge on any atom is -0.493 e. The molecule has 1 aliphatic heterocycles. The summed E-state index contributed by atoms with van der Waals surface area (Å²) in [5, 5.41) is 10.3. The van der Waals surface area contributed by atoms with Crippen LogP contribution in [0.25, 0.3) is 0 Å². The Kier molecular flexibility index (Phi) is 3.78. The van der Waals surface area contributed by atoms with E-state index in [9.17, 15) is 5.11 Å². The van der Waals surface area contributed by atoms with Gasteiger partial charge in [0.05, 0.1) is 20.3 Å². The summed E-state index contributed by atoms with van der Waals surface area (Å²) >= 11 is 0. The van der Waals surface area contributed by atoms with Gasteiger partial charge in [0.25, 0.3) is 0 Å². The van der Waals surface area contributed by atoms with Gasteiger partial charge < -0.3 is 14.6 Å². The molecule has 4 heteroatoms. The second-order valence-corrected chi connectivity index (χ2v) is 4.91. The van der Waals surface area contributed by atoms with Gasteiger partial charge in [-0.1, -0.05) is 6.07 Å². The topological polar surface area (TPSA) is 41.9 Å². The third kappa shape index (κ3) is 2.18. The minimum atomic E-state index is -0.527. The van der Waals surface area contributed by atoms with Gasteiger partial charge in [-0.15, -0.1) is 0 Å². The van der Waals surface area contributed by atoms with Crippen molar-refractivity contribution in [3.8, 4) is 11.5 Å². The average molecular weight is 251 g/mol. The van der Waals surface area contributed by atoms with Crippen molar-refractivity contribution >= 4 is 0 Å². The van der Waals surface area contributed by atoms with Crippen LogP contribution in [-0.4, -0.2) is 36.8 Å². The molecule has 0 aliphatic carbocycles. The number of rotatable bonds is 3. The van der Waals surface area contributed by atoms with Crippen molar-refractivity contribution < 1.29 is 14.6 Å². The number of ether oxygens (including phenoxy) is 2. The third-order valence-electron chi connectivity index (χ3n) is 3.52. The van der Waals surface area contributed by atoms with Crippen LogP contribution in [0.2, 0.25) is 0 Å². The first kappa shape index (κ1) is 13.2. The number of β-amino-alcohol motifs (C(OH)–C–C–N with tert-alkyl or cyclic N) is 1. The van der Waals surface area contributed by atoms with Crippen molar-refractivity contribution in [3.63, 3.8) is 0 Å². The smallest absolute Gasteiger partial charge is 0.166 e. The normalized spacial score (nSPS) is 19.8. The highest BCUT2D eigenvalue weighted by molar-refractivity contribution is 5.52. The van der Waals surface area contributed by atoms with Gasteiger partial charge in [0.1, 0.15) is 0 Å². The molecule has 2 rings (SSSR count). The number of aliphatic hydroxyl groups is 1. The van der Waals surface area contributed by atoms with Crippen LogP contribution in [0.4, 0.5) is 0 Å². The van der Waals surface area contributed by atoms with Crippen molar-refractivity contribution in [3.05, 3.63) is 23.3 Å². The van der Waals surface area contributed by atoms with Gasteiger partial charge in [-0.25, -0.2) is 0 Å². The highest BCUT2D eigenvalue weighted by atomic mass is 16.5. The SMILES string of the molecule is COc1ccc2c(c1OC)C(O)CN(C(C)C)C2. The van der Waals surface area contributed by atoms with Crippen molar-refractivity contribution in [2.45, 2.75) is 32.5 Å². The molecule has 0 bridgehead atoms. The van der Waals surface area contributed by atoms with Crippen LogP contribution in [0.1, 0.15) is 31.1 Å². The lowest BCUT2D eigenvalue weighted by atomic mass is 9.95. The van der Waals surface area contributed by atoms with Crippen LogP contribution >= 0.6 is 0 Å². The molecule has 1 heterocycles. The van der Waals surface area contributed by atoms with Crippen LogP contribution in [0.5, 0.6) is 11.5 Å².